The molecule has 2 atom stereocenters. The third kappa shape index (κ3) is 1.82. The topological polar surface area (TPSA) is 90.0 Å². The number of rotatable bonds is 4. The van der Waals surface area contributed by atoms with Crippen LogP contribution >= 0.6 is 0 Å². The molecule has 0 bridgehead atoms. The van der Waals surface area contributed by atoms with Crippen molar-refractivity contribution in [2.24, 2.45) is 0 Å². The van der Waals surface area contributed by atoms with Crippen LogP contribution in [-0.4, -0.2) is 63.9 Å². The van der Waals surface area contributed by atoms with E-state index in [9.17, 15) is 19.2 Å². The van der Waals surface area contributed by atoms with Crippen molar-refractivity contribution in [2.45, 2.75) is 51.4 Å². The molecule has 0 unspecified atom stereocenters. The Kier molecular flexibility index (Phi) is 3.67. The van der Waals surface area contributed by atoms with Crippen molar-refractivity contribution in [3.05, 3.63) is 0 Å². The lowest BCUT2D eigenvalue weighted by Crippen LogP contribution is -2.64. The molecule has 5 amide bonds. The van der Waals surface area contributed by atoms with Gasteiger partial charge in [-0.2, -0.15) is 0 Å². The highest BCUT2D eigenvalue weighted by molar-refractivity contribution is 6.07. The minimum absolute atomic E-state index is 0.210. The average molecular weight is 310 g/mol. The molecule has 2 saturated heterocycles. The molecular weight excluding hydrogens is 288 g/mol. The SMILES string of the molecule is CCCC(=O)CC(=O)N1C(=O)N(C)[C@@]2(C)N(C)C(=O)N[C@@]12C. The van der Waals surface area contributed by atoms with Crippen molar-refractivity contribution in [3.8, 4) is 0 Å². The fraction of sp³-hybridized carbons (Fsp3) is 0.714. The summed E-state index contributed by atoms with van der Waals surface area (Å²) in [7, 11) is 3.11. The van der Waals surface area contributed by atoms with E-state index in [4.69, 9.17) is 0 Å². The summed E-state index contributed by atoms with van der Waals surface area (Å²) in [6, 6.07) is -0.895. The van der Waals surface area contributed by atoms with Gasteiger partial charge in [0.1, 0.15) is 5.78 Å². The second-order valence-electron chi connectivity index (χ2n) is 6.12. The summed E-state index contributed by atoms with van der Waals surface area (Å²) < 4.78 is 0. The number of nitrogens with zero attached hydrogens (tertiary/aromatic N) is 3. The smallest absolute Gasteiger partial charge is 0.311 e. The number of amides is 5. The van der Waals surface area contributed by atoms with Gasteiger partial charge in [0.05, 0.1) is 6.42 Å². The number of Topliss-reactive ketones (excluding diaryl/α,β-unsaturated/α-hetero) is 1. The number of ketones is 1. The summed E-state index contributed by atoms with van der Waals surface area (Å²) in [4.78, 5) is 52.5. The van der Waals surface area contributed by atoms with Crippen LogP contribution in [0.5, 0.6) is 0 Å². The minimum atomic E-state index is -1.21. The van der Waals surface area contributed by atoms with Crippen molar-refractivity contribution in [3.63, 3.8) is 0 Å². The van der Waals surface area contributed by atoms with Crippen molar-refractivity contribution in [1.29, 1.82) is 0 Å². The van der Waals surface area contributed by atoms with Gasteiger partial charge < -0.3 is 15.1 Å². The Balaban J connectivity index is 2.37. The maximum atomic E-state index is 12.5. The number of carbonyl (C=O) groups excluding carboxylic acids is 4. The van der Waals surface area contributed by atoms with Gasteiger partial charge in [-0.15, -0.1) is 0 Å². The Labute approximate surface area is 129 Å². The van der Waals surface area contributed by atoms with Crippen LogP contribution in [0.25, 0.3) is 0 Å². The Hall–Kier alpha value is -2.12. The highest BCUT2D eigenvalue weighted by Gasteiger charge is 2.70. The summed E-state index contributed by atoms with van der Waals surface area (Å²) in [6.45, 7) is 5.18. The summed E-state index contributed by atoms with van der Waals surface area (Å²) >= 11 is 0. The lowest BCUT2D eigenvalue weighted by atomic mass is 9.96. The third-order valence-corrected chi connectivity index (χ3v) is 4.94. The van der Waals surface area contributed by atoms with Crippen LogP contribution in [0.3, 0.4) is 0 Å². The molecule has 2 heterocycles. The van der Waals surface area contributed by atoms with Crippen LogP contribution in [0, 0.1) is 0 Å². The van der Waals surface area contributed by atoms with Gasteiger partial charge in [-0.3, -0.25) is 9.59 Å². The quantitative estimate of drug-likeness (QED) is 0.775. The van der Waals surface area contributed by atoms with Crippen molar-refractivity contribution >= 4 is 23.8 Å². The van der Waals surface area contributed by atoms with Crippen LogP contribution in [0.4, 0.5) is 9.59 Å². The Bertz CT molecular complexity index is 563. The van der Waals surface area contributed by atoms with Gasteiger partial charge in [-0.05, 0) is 20.3 Å². The highest BCUT2D eigenvalue weighted by atomic mass is 16.2. The molecule has 2 aliphatic rings. The molecule has 0 spiro atoms. The molecule has 0 aliphatic carbocycles. The van der Waals surface area contributed by atoms with E-state index in [1.54, 1.807) is 27.9 Å². The lowest BCUT2D eigenvalue weighted by Gasteiger charge is -2.40. The molecule has 2 aliphatic heterocycles. The van der Waals surface area contributed by atoms with Crippen molar-refractivity contribution in [1.82, 2.24) is 20.0 Å². The van der Waals surface area contributed by atoms with Crippen LogP contribution < -0.4 is 5.32 Å². The number of nitrogens with one attached hydrogen (secondary N) is 1. The van der Waals surface area contributed by atoms with E-state index >= 15 is 0 Å². The molecule has 2 fully saturated rings. The first kappa shape index (κ1) is 16.3. The Morgan fingerprint density at radius 1 is 1.14 bits per heavy atom. The summed E-state index contributed by atoms with van der Waals surface area (Å²) in [5.74, 6) is -0.796. The van der Waals surface area contributed by atoms with Gasteiger partial charge in [0, 0.05) is 20.5 Å². The van der Waals surface area contributed by atoms with E-state index in [0.29, 0.717) is 12.8 Å². The number of carbonyl (C=O) groups is 4. The maximum absolute atomic E-state index is 12.5. The van der Waals surface area contributed by atoms with Crippen molar-refractivity contribution in [2.75, 3.05) is 14.1 Å². The molecule has 8 nitrogen and oxygen atoms in total. The first-order valence-electron chi connectivity index (χ1n) is 7.29. The average Bonchev–Trinajstić information content (AvgIpc) is 2.68. The predicted octanol–water partition coefficient (Wildman–Crippen LogP) is 0.727. The maximum Gasteiger partial charge on any atom is 0.330 e. The molecule has 2 rings (SSSR count). The molecule has 22 heavy (non-hydrogen) atoms. The molecule has 1 N–H and O–H groups in total. The monoisotopic (exact) mass is 310 g/mol. The van der Waals surface area contributed by atoms with Crippen LogP contribution in [0.15, 0.2) is 0 Å². The Morgan fingerprint density at radius 3 is 2.27 bits per heavy atom. The van der Waals surface area contributed by atoms with E-state index < -0.39 is 23.3 Å². The number of hydrogen-bond donors (Lipinski definition) is 1. The van der Waals surface area contributed by atoms with Gasteiger partial charge in [0.25, 0.3) is 0 Å². The standard InChI is InChI=1S/C14H22N4O4/c1-6-7-9(19)8-10(20)18-12(22)17(5)14(3)13(18,2)15-11(21)16(14)4/h6-8H2,1-5H3,(H,15,21)/t13-,14+/m0/s1. The molecule has 122 valence electrons. The molecular formula is C14H22N4O4. The van der Waals surface area contributed by atoms with Crippen LogP contribution in [0.2, 0.25) is 0 Å². The lowest BCUT2D eigenvalue weighted by molar-refractivity contribution is -0.137. The summed E-state index contributed by atoms with van der Waals surface area (Å²) in [5, 5.41) is 2.70. The zero-order chi connectivity index (χ0) is 16.9. The highest BCUT2D eigenvalue weighted by Crippen LogP contribution is 2.44. The number of hydrogen-bond acceptors (Lipinski definition) is 4. The zero-order valence-corrected chi connectivity index (χ0v) is 13.6. The van der Waals surface area contributed by atoms with E-state index in [-0.39, 0.29) is 18.2 Å². The number of imide groups is 1. The van der Waals surface area contributed by atoms with Gasteiger partial charge in [0.15, 0.2) is 11.3 Å². The van der Waals surface area contributed by atoms with Gasteiger partial charge in [-0.25, -0.2) is 14.5 Å². The zero-order valence-electron chi connectivity index (χ0n) is 13.6. The second-order valence-corrected chi connectivity index (χ2v) is 6.12. The summed E-state index contributed by atoms with van der Waals surface area (Å²) in [5.41, 5.74) is -2.22. The van der Waals surface area contributed by atoms with Gasteiger partial charge in [0.2, 0.25) is 5.91 Å². The Morgan fingerprint density at radius 2 is 1.73 bits per heavy atom. The van der Waals surface area contributed by atoms with E-state index in [1.165, 1.54) is 9.80 Å². The van der Waals surface area contributed by atoms with E-state index in [0.717, 1.165) is 4.90 Å². The fourth-order valence-electron chi connectivity index (χ4n) is 3.25. The molecule has 0 radical (unpaired) electrons. The number of urea groups is 2. The second kappa shape index (κ2) is 4.96. The van der Waals surface area contributed by atoms with Gasteiger partial charge >= 0.3 is 12.1 Å². The molecule has 0 aromatic heterocycles. The van der Waals surface area contributed by atoms with E-state index in [1.807, 2.05) is 6.92 Å². The number of fused-ring (bicyclic) bond motifs is 1. The van der Waals surface area contributed by atoms with Crippen molar-refractivity contribution < 1.29 is 19.2 Å². The fourth-order valence-corrected chi connectivity index (χ4v) is 3.25. The van der Waals surface area contributed by atoms with Gasteiger partial charge in [-0.1, -0.05) is 6.92 Å². The van der Waals surface area contributed by atoms with E-state index in [2.05, 4.69) is 5.32 Å². The first-order chi connectivity index (χ1) is 10.1. The minimum Gasteiger partial charge on any atom is -0.311 e. The molecule has 0 aromatic carbocycles. The molecule has 0 saturated carbocycles. The normalized spacial score (nSPS) is 30.7. The number of likely N-dealkylation sites (N-methyl/N-ethyl adjacent to an activating group) is 2. The summed E-state index contributed by atoms with van der Waals surface area (Å²) in [6.07, 6.45) is 0.608. The largest absolute Gasteiger partial charge is 0.330 e. The van der Waals surface area contributed by atoms with Crippen LogP contribution in [0.1, 0.15) is 40.0 Å². The third-order valence-electron chi connectivity index (χ3n) is 4.94. The first-order valence-corrected chi connectivity index (χ1v) is 7.29. The predicted molar refractivity (Wildman–Crippen MR) is 77.6 cm³/mol. The molecule has 8 heteroatoms. The van der Waals surface area contributed by atoms with Crippen LogP contribution in [-0.2, 0) is 9.59 Å². The molecule has 0 aromatic rings.